The molecule has 4 rings (SSSR count). The Labute approximate surface area is 154 Å². The van der Waals surface area contributed by atoms with Crippen molar-refractivity contribution in [3.8, 4) is 0 Å². The van der Waals surface area contributed by atoms with Crippen molar-refractivity contribution < 1.29 is 4.42 Å². The van der Waals surface area contributed by atoms with Crippen LogP contribution in [0.3, 0.4) is 0 Å². The maximum atomic E-state index is 5.87. The SMILES string of the molecule is CCc1ccc(CN2CCc3nnc(CCc4ccccc4)n3CC2)o1. The average Bonchev–Trinajstić information content (AvgIpc) is 3.24. The van der Waals surface area contributed by atoms with E-state index in [-0.39, 0.29) is 0 Å². The summed E-state index contributed by atoms with van der Waals surface area (Å²) in [6.07, 6.45) is 3.84. The minimum absolute atomic E-state index is 0.873. The first-order chi connectivity index (χ1) is 12.8. The second kappa shape index (κ2) is 7.87. The van der Waals surface area contributed by atoms with E-state index in [9.17, 15) is 0 Å². The van der Waals surface area contributed by atoms with Gasteiger partial charge in [0.25, 0.3) is 0 Å². The lowest BCUT2D eigenvalue weighted by atomic mass is 10.1. The fraction of sp³-hybridized carbons (Fsp3) is 0.429. The third kappa shape index (κ3) is 3.88. The molecule has 3 heterocycles. The summed E-state index contributed by atoms with van der Waals surface area (Å²) in [4.78, 5) is 2.45. The van der Waals surface area contributed by atoms with E-state index in [1.165, 1.54) is 5.56 Å². The number of rotatable bonds is 6. The van der Waals surface area contributed by atoms with Crippen LogP contribution < -0.4 is 0 Å². The molecule has 3 aromatic rings. The number of hydrogen-bond acceptors (Lipinski definition) is 4. The standard InChI is InChI=1S/C21H26N4O/c1-2-18-9-10-19(26-18)16-24-13-12-21-23-22-20(25(21)15-14-24)11-8-17-6-4-3-5-7-17/h3-7,9-10H,2,8,11-16H2,1H3. The van der Waals surface area contributed by atoms with Crippen LogP contribution >= 0.6 is 0 Å². The maximum absolute atomic E-state index is 5.87. The summed E-state index contributed by atoms with van der Waals surface area (Å²) in [6, 6.07) is 14.8. The van der Waals surface area contributed by atoms with Crippen LogP contribution in [0.2, 0.25) is 0 Å². The van der Waals surface area contributed by atoms with Crippen molar-refractivity contribution in [3.63, 3.8) is 0 Å². The third-order valence-electron chi connectivity index (χ3n) is 5.12. The molecule has 0 radical (unpaired) electrons. The van der Waals surface area contributed by atoms with Crippen molar-refractivity contribution in [2.45, 2.75) is 45.7 Å². The Morgan fingerprint density at radius 1 is 0.923 bits per heavy atom. The number of furan rings is 1. The molecule has 136 valence electrons. The Hall–Kier alpha value is -2.40. The second-order valence-electron chi connectivity index (χ2n) is 6.92. The summed E-state index contributed by atoms with van der Waals surface area (Å²) in [7, 11) is 0. The fourth-order valence-corrected chi connectivity index (χ4v) is 3.59. The first-order valence-electron chi connectivity index (χ1n) is 9.56. The number of nitrogens with zero attached hydrogens (tertiary/aromatic N) is 4. The molecule has 2 aromatic heterocycles. The smallest absolute Gasteiger partial charge is 0.134 e. The lowest BCUT2D eigenvalue weighted by molar-refractivity contribution is 0.245. The highest BCUT2D eigenvalue weighted by Crippen LogP contribution is 2.16. The van der Waals surface area contributed by atoms with Crippen molar-refractivity contribution in [2.75, 3.05) is 13.1 Å². The molecule has 1 aromatic carbocycles. The predicted molar refractivity (Wildman–Crippen MR) is 101 cm³/mol. The topological polar surface area (TPSA) is 47.1 Å². The van der Waals surface area contributed by atoms with Crippen LogP contribution in [-0.2, 0) is 38.8 Å². The summed E-state index contributed by atoms with van der Waals surface area (Å²) >= 11 is 0. The Balaban J connectivity index is 1.38. The van der Waals surface area contributed by atoms with Gasteiger partial charge in [-0.2, -0.15) is 0 Å². The van der Waals surface area contributed by atoms with Gasteiger partial charge in [0.1, 0.15) is 23.2 Å². The highest BCUT2D eigenvalue weighted by Gasteiger charge is 2.19. The largest absolute Gasteiger partial charge is 0.465 e. The van der Waals surface area contributed by atoms with Gasteiger partial charge in [0.05, 0.1) is 6.54 Å². The van der Waals surface area contributed by atoms with E-state index in [0.717, 1.165) is 75.0 Å². The lowest BCUT2D eigenvalue weighted by Gasteiger charge is -2.18. The van der Waals surface area contributed by atoms with Gasteiger partial charge in [-0.15, -0.1) is 10.2 Å². The van der Waals surface area contributed by atoms with E-state index in [4.69, 9.17) is 4.42 Å². The molecule has 0 saturated carbocycles. The number of aryl methyl sites for hydroxylation is 3. The van der Waals surface area contributed by atoms with E-state index in [1.807, 2.05) is 0 Å². The maximum Gasteiger partial charge on any atom is 0.134 e. The normalized spacial score (nSPS) is 15.0. The molecule has 0 N–H and O–H groups in total. The molecule has 1 aliphatic rings. The van der Waals surface area contributed by atoms with Crippen molar-refractivity contribution in [1.29, 1.82) is 0 Å². The van der Waals surface area contributed by atoms with E-state index < -0.39 is 0 Å². The molecule has 0 bridgehead atoms. The number of hydrogen-bond donors (Lipinski definition) is 0. The zero-order valence-electron chi connectivity index (χ0n) is 15.4. The monoisotopic (exact) mass is 350 g/mol. The Bertz CT molecular complexity index is 837. The molecule has 0 amide bonds. The predicted octanol–water partition coefficient (Wildman–Crippen LogP) is 3.28. The summed E-state index contributed by atoms with van der Waals surface area (Å²) in [5.41, 5.74) is 1.35. The van der Waals surface area contributed by atoms with E-state index >= 15 is 0 Å². The minimum atomic E-state index is 0.873. The molecule has 0 unspecified atom stereocenters. The molecular weight excluding hydrogens is 324 g/mol. The molecular formula is C21H26N4O. The average molecular weight is 350 g/mol. The number of benzene rings is 1. The Kier molecular flexibility index (Phi) is 5.16. The Morgan fingerprint density at radius 3 is 2.58 bits per heavy atom. The van der Waals surface area contributed by atoms with Crippen LogP contribution in [0.5, 0.6) is 0 Å². The van der Waals surface area contributed by atoms with Crippen LogP contribution in [0.15, 0.2) is 46.9 Å². The second-order valence-corrected chi connectivity index (χ2v) is 6.92. The van der Waals surface area contributed by atoms with Crippen molar-refractivity contribution >= 4 is 0 Å². The first-order valence-corrected chi connectivity index (χ1v) is 9.56. The zero-order valence-corrected chi connectivity index (χ0v) is 15.4. The third-order valence-corrected chi connectivity index (χ3v) is 5.12. The van der Waals surface area contributed by atoms with Gasteiger partial charge in [0.2, 0.25) is 0 Å². The van der Waals surface area contributed by atoms with Gasteiger partial charge < -0.3 is 8.98 Å². The van der Waals surface area contributed by atoms with Crippen LogP contribution in [0.4, 0.5) is 0 Å². The molecule has 1 aliphatic heterocycles. The van der Waals surface area contributed by atoms with Crippen molar-refractivity contribution in [1.82, 2.24) is 19.7 Å². The first kappa shape index (κ1) is 17.0. The summed E-state index contributed by atoms with van der Waals surface area (Å²) in [5.74, 6) is 4.35. The van der Waals surface area contributed by atoms with Gasteiger partial charge in [-0.1, -0.05) is 37.3 Å². The van der Waals surface area contributed by atoms with E-state index in [2.05, 4.69) is 69.1 Å². The van der Waals surface area contributed by atoms with Crippen LogP contribution in [0, 0.1) is 0 Å². The van der Waals surface area contributed by atoms with Crippen LogP contribution in [0.1, 0.15) is 35.7 Å². The van der Waals surface area contributed by atoms with Gasteiger partial charge in [-0.25, -0.2) is 0 Å². The van der Waals surface area contributed by atoms with Gasteiger partial charge in [0, 0.05) is 38.9 Å². The van der Waals surface area contributed by atoms with E-state index in [1.54, 1.807) is 0 Å². The summed E-state index contributed by atoms with van der Waals surface area (Å²) in [6.45, 7) is 5.95. The highest BCUT2D eigenvalue weighted by molar-refractivity contribution is 5.16. The minimum Gasteiger partial charge on any atom is -0.465 e. The molecule has 0 spiro atoms. The molecule has 0 atom stereocenters. The zero-order chi connectivity index (χ0) is 17.8. The van der Waals surface area contributed by atoms with Crippen molar-refractivity contribution in [3.05, 3.63) is 71.2 Å². The van der Waals surface area contributed by atoms with Crippen LogP contribution in [-0.4, -0.2) is 32.8 Å². The molecule has 0 aliphatic carbocycles. The quantitative estimate of drug-likeness (QED) is 0.684. The summed E-state index contributed by atoms with van der Waals surface area (Å²) in [5, 5.41) is 8.90. The van der Waals surface area contributed by atoms with Crippen LogP contribution in [0.25, 0.3) is 0 Å². The molecule has 26 heavy (non-hydrogen) atoms. The van der Waals surface area contributed by atoms with Gasteiger partial charge in [0.15, 0.2) is 0 Å². The van der Waals surface area contributed by atoms with Gasteiger partial charge >= 0.3 is 0 Å². The van der Waals surface area contributed by atoms with Crippen molar-refractivity contribution in [2.24, 2.45) is 0 Å². The summed E-state index contributed by atoms with van der Waals surface area (Å²) < 4.78 is 8.19. The van der Waals surface area contributed by atoms with Gasteiger partial charge in [-0.3, -0.25) is 4.90 Å². The molecule has 5 heteroatoms. The lowest BCUT2D eigenvalue weighted by Crippen LogP contribution is -2.26. The molecule has 0 saturated heterocycles. The molecule has 5 nitrogen and oxygen atoms in total. The number of fused-ring (bicyclic) bond motifs is 1. The van der Waals surface area contributed by atoms with E-state index in [0.29, 0.717) is 0 Å². The number of aromatic nitrogens is 3. The fourth-order valence-electron chi connectivity index (χ4n) is 3.59. The Morgan fingerprint density at radius 2 is 1.77 bits per heavy atom. The highest BCUT2D eigenvalue weighted by atomic mass is 16.3. The van der Waals surface area contributed by atoms with Gasteiger partial charge in [-0.05, 0) is 24.1 Å². The molecule has 0 fully saturated rings.